The van der Waals surface area contributed by atoms with Crippen LogP contribution in [0.1, 0.15) is 41.3 Å². The van der Waals surface area contributed by atoms with Gasteiger partial charge in [-0.2, -0.15) is 13.2 Å². The van der Waals surface area contributed by atoms with E-state index in [4.69, 9.17) is 0 Å². The monoisotopic (exact) mass is 469 g/mol. The van der Waals surface area contributed by atoms with Crippen molar-refractivity contribution in [3.05, 3.63) is 71.7 Å². The van der Waals surface area contributed by atoms with Crippen LogP contribution in [0.3, 0.4) is 0 Å². The molecule has 1 aliphatic rings. The lowest BCUT2D eigenvalue weighted by molar-refractivity contribution is -0.137. The van der Waals surface area contributed by atoms with Gasteiger partial charge in [0.05, 0.1) is 17.2 Å². The molecule has 0 spiro atoms. The van der Waals surface area contributed by atoms with E-state index in [1.54, 1.807) is 24.5 Å². The van der Waals surface area contributed by atoms with Gasteiger partial charge in [-0.3, -0.25) is 4.79 Å². The van der Waals surface area contributed by atoms with Gasteiger partial charge in [-0.05, 0) is 55.5 Å². The number of pyridine rings is 1. The number of carbonyl (C=O) groups excluding carboxylic acids is 1. The highest BCUT2D eigenvalue weighted by atomic mass is 19.4. The number of piperidine rings is 1. The van der Waals surface area contributed by atoms with Gasteiger partial charge in [0, 0.05) is 37.2 Å². The van der Waals surface area contributed by atoms with Crippen molar-refractivity contribution in [2.75, 3.05) is 18.4 Å². The lowest BCUT2D eigenvalue weighted by Crippen LogP contribution is -2.51. The minimum atomic E-state index is -4.43. The summed E-state index contributed by atoms with van der Waals surface area (Å²) in [4.78, 5) is 28.2. The van der Waals surface area contributed by atoms with Crippen LogP contribution in [0, 0.1) is 12.8 Å². The maximum absolute atomic E-state index is 13.8. The Labute approximate surface area is 196 Å². The van der Waals surface area contributed by atoms with Crippen LogP contribution < -0.4 is 5.32 Å². The van der Waals surface area contributed by atoms with Crippen LogP contribution in [0.2, 0.25) is 0 Å². The minimum absolute atomic E-state index is 0.107. The van der Waals surface area contributed by atoms with Crippen molar-refractivity contribution < 1.29 is 18.0 Å². The normalized spacial score (nSPS) is 18.6. The molecule has 1 N–H and O–H groups in total. The van der Waals surface area contributed by atoms with Crippen molar-refractivity contribution in [3.8, 4) is 11.4 Å². The van der Waals surface area contributed by atoms with Gasteiger partial charge < -0.3 is 10.2 Å². The smallest absolute Gasteiger partial charge is 0.368 e. The Balaban J connectivity index is 1.57. The number of alkyl halides is 3. The third kappa shape index (κ3) is 5.03. The summed E-state index contributed by atoms with van der Waals surface area (Å²) < 4.78 is 38.5. The number of hydrogen-bond donors (Lipinski definition) is 1. The number of aromatic nitrogens is 3. The summed E-state index contributed by atoms with van der Waals surface area (Å²) in [5, 5.41) is 3.12. The van der Waals surface area contributed by atoms with Crippen LogP contribution in [-0.2, 0) is 6.18 Å². The average molecular weight is 470 g/mol. The molecule has 9 heteroatoms. The van der Waals surface area contributed by atoms with E-state index in [0.717, 1.165) is 30.7 Å². The van der Waals surface area contributed by atoms with E-state index in [0.29, 0.717) is 35.9 Å². The summed E-state index contributed by atoms with van der Waals surface area (Å²) in [5.74, 6) is 0.940. The topological polar surface area (TPSA) is 71.0 Å². The largest absolute Gasteiger partial charge is 0.417 e. The second kappa shape index (κ2) is 9.79. The Bertz CT molecular complexity index is 1140. The molecule has 0 saturated carbocycles. The molecule has 0 bridgehead atoms. The molecular weight excluding hydrogens is 443 g/mol. The molecule has 4 rings (SSSR count). The van der Waals surface area contributed by atoms with E-state index in [2.05, 4.69) is 27.2 Å². The van der Waals surface area contributed by atoms with E-state index >= 15 is 0 Å². The molecular formula is C25H26F3N5O. The fourth-order valence-corrected chi connectivity index (χ4v) is 4.41. The zero-order valence-electron chi connectivity index (χ0n) is 19.0. The maximum Gasteiger partial charge on any atom is 0.417 e. The predicted octanol–water partition coefficient (Wildman–Crippen LogP) is 5.22. The van der Waals surface area contributed by atoms with Gasteiger partial charge in [0.25, 0.3) is 5.91 Å². The van der Waals surface area contributed by atoms with Gasteiger partial charge in [0.1, 0.15) is 5.82 Å². The van der Waals surface area contributed by atoms with Crippen LogP contribution >= 0.6 is 0 Å². The summed E-state index contributed by atoms with van der Waals surface area (Å²) in [6, 6.07) is 9.47. The molecule has 1 amide bonds. The maximum atomic E-state index is 13.8. The molecule has 1 fully saturated rings. The van der Waals surface area contributed by atoms with E-state index < -0.39 is 11.7 Å². The Morgan fingerprint density at radius 3 is 2.56 bits per heavy atom. The number of anilines is 1. The van der Waals surface area contributed by atoms with Crippen molar-refractivity contribution in [2.45, 2.75) is 38.9 Å². The molecule has 0 unspecified atom stereocenters. The average Bonchev–Trinajstić information content (AvgIpc) is 2.83. The molecule has 1 aliphatic heterocycles. The number of nitrogens with zero attached hydrogens (tertiary/aromatic N) is 4. The molecule has 0 aliphatic carbocycles. The summed E-state index contributed by atoms with van der Waals surface area (Å²) in [5.41, 5.74) is 1.36. The van der Waals surface area contributed by atoms with Gasteiger partial charge >= 0.3 is 6.18 Å². The fraction of sp³-hybridized carbons (Fsp3) is 0.360. The van der Waals surface area contributed by atoms with E-state index in [-0.39, 0.29) is 17.9 Å². The molecule has 2 atom stereocenters. The Hall–Kier alpha value is -3.49. The summed E-state index contributed by atoms with van der Waals surface area (Å²) in [7, 11) is 0. The van der Waals surface area contributed by atoms with Gasteiger partial charge in [-0.15, -0.1) is 0 Å². The first kappa shape index (κ1) is 23.7. The predicted molar refractivity (Wildman–Crippen MR) is 123 cm³/mol. The van der Waals surface area contributed by atoms with Crippen LogP contribution in [0.4, 0.5) is 19.0 Å². The highest BCUT2D eigenvalue weighted by molar-refractivity contribution is 6.01. The van der Waals surface area contributed by atoms with Crippen molar-refractivity contribution in [1.29, 1.82) is 0 Å². The first-order valence-electron chi connectivity index (χ1n) is 11.2. The number of halogens is 3. The molecule has 1 aromatic carbocycles. The molecule has 3 aromatic rings. The zero-order valence-corrected chi connectivity index (χ0v) is 19.0. The van der Waals surface area contributed by atoms with Gasteiger partial charge in [-0.1, -0.05) is 19.1 Å². The molecule has 6 nitrogen and oxygen atoms in total. The minimum Gasteiger partial charge on any atom is -0.368 e. The van der Waals surface area contributed by atoms with Gasteiger partial charge in [-0.25, -0.2) is 15.0 Å². The van der Waals surface area contributed by atoms with Crippen molar-refractivity contribution in [1.82, 2.24) is 19.9 Å². The standard InChI is InChI=1S/C25H26F3N5O/c1-16-7-4-13-33(20(16)15-32-21-10-9-18(14-31-21)25(26,27)28)24(34)19-8-3-6-17(2)22(19)23-29-11-5-12-30-23/h3,5-6,8-12,14,16,20H,4,7,13,15H2,1-2H3,(H,31,32)/t16-,20-/m1/s1. The Morgan fingerprint density at radius 2 is 1.88 bits per heavy atom. The van der Waals surface area contributed by atoms with Crippen LogP contribution in [0.25, 0.3) is 11.4 Å². The Kier molecular flexibility index (Phi) is 6.81. The second-order valence-electron chi connectivity index (χ2n) is 8.57. The first-order valence-corrected chi connectivity index (χ1v) is 11.2. The molecule has 3 heterocycles. The number of amides is 1. The SMILES string of the molecule is Cc1cccc(C(=O)N2CCC[C@@H](C)[C@H]2CNc2ccc(C(F)(F)F)cn2)c1-c1ncccn1. The van der Waals surface area contributed by atoms with Crippen molar-refractivity contribution in [3.63, 3.8) is 0 Å². The van der Waals surface area contributed by atoms with Crippen LogP contribution in [0.5, 0.6) is 0 Å². The molecule has 0 radical (unpaired) electrons. The number of benzene rings is 1. The van der Waals surface area contributed by atoms with E-state index in [1.807, 2.05) is 24.0 Å². The molecule has 1 saturated heterocycles. The fourth-order valence-electron chi connectivity index (χ4n) is 4.41. The number of nitrogens with one attached hydrogen (secondary N) is 1. The molecule has 178 valence electrons. The van der Waals surface area contributed by atoms with Crippen molar-refractivity contribution >= 4 is 11.7 Å². The first-order chi connectivity index (χ1) is 16.3. The number of carbonyl (C=O) groups is 1. The van der Waals surface area contributed by atoms with Gasteiger partial charge in [0.2, 0.25) is 0 Å². The summed E-state index contributed by atoms with van der Waals surface area (Å²) in [6.45, 7) is 4.99. The number of likely N-dealkylation sites (tertiary alicyclic amines) is 1. The summed E-state index contributed by atoms with van der Waals surface area (Å²) >= 11 is 0. The van der Waals surface area contributed by atoms with Crippen LogP contribution in [0.15, 0.2) is 55.0 Å². The van der Waals surface area contributed by atoms with Crippen molar-refractivity contribution in [2.24, 2.45) is 5.92 Å². The zero-order chi connectivity index (χ0) is 24.3. The quantitative estimate of drug-likeness (QED) is 0.555. The highest BCUT2D eigenvalue weighted by Crippen LogP contribution is 2.31. The lowest BCUT2D eigenvalue weighted by Gasteiger charge is -2.40. The van der Waals surface area contributed by atoms with Crippen LogP contribution in [-0.4, -0.2) is 44.9 Å². The highest BCUT2D eigenvalue weighted by Gasteiger charge is 2.34. The summed E-state index contributed by atoms with van der Waals surface area (Å²) in [6.07, 6.45) is 1.52. The van der Waals surface area contributed by atoms with Gasteiger partial charge in [0.15, 0.2) is 5.82 Å². The van der Waals surface area contributed by atoms with E-state index in [9.17, 15) is 18.0 Å². The number of aryl methyl sites for hydroxylation is 1. The third-order valence-corrected chi connectivity index (χ3v) is 6.25. The van der Waals surface area contributed by atoms with E-state index in [1.165, 1.54) is 6.07 Å². The number of hydrogen-bond acceptors (Lipinski definition) is 5. The second-order valence-corrected chi connectivity index (χ2v) is 8.57. The molecule has 34 heavy (non-hydrogen) atoms. The molecule has 2 aromatic heterocycles. The lowest BCUT2D eigenvalue weighted by atomic mass is 9.89. The number of rotatable bonds is 5. The third-order valence-electron chi connectivity index (χ3n) is 6.25. The Morgan fingerprint density at radius 1 is 1.12 bits per heavy atom.